The monoisotopic (exact) mass is 278 g/mol. The molecule has 0 saturated carbocycles. The molecular weight excluding hydrogens is 268 g/mol. The van der Waals surface area contributed by atoms with Gasteiger partial charge in [0.25, 0.3) is 5.56 Å². The van der Waals surface area contributed by atoms with E-state index in [9.17, 15) is 4.79 Å². The van der Waals surface area contributed by atoms with Crippen LogP contribution in [0, 0.1) is 0 Å². The molecule has 0 bridgehead atoms. The summed E-state index contributed by atoms with van der Waals surface area (Å²) in [5, 5.41) is 2.60. The number of furan rings is 1. The average Bonchev–Trinajstić information content (AvgIpc) is 3.03. The number of thioether (sulfide) groups is 1. The van der Waals surface area contributed by atoms with Gasteiger partial charge in [-0.05, 0) is 29.8 Å². The molecule has 0 aliphatic heterocycles. The van der Waals surface area contributed by atoms with Crippen LogP contribution >= 0.6 is 23.1 Å². The first kappa shape index (κ1) is 11.6. The van der Waals surface area contributed by atoms with Crippen molar-refractivity contribution in [3.63, 3.8) is 0 Å². The molecule has 0 amide bonds. The molecule has 18 heavy (non-hydrogen) atoms. The summed E-state index contributed by atoms with van der Waals surface area (Å²) in [7, 11) is 0. The predicted molar refractivity (Wildman–Crippen MR) is 73.5 cm³/mol. The van der Waals surface area contributed by atoms with E-state index >= 15 is 0 Å². The Morgan fingerprint density at radius 2 is 2.39 bits per heavy atom. The van der Waals surface area contributed by atoms with Crippen molar-refractivity contribution >= 4 is 33.3 Å². The van der Waals surface area contributed by atoms with Crippen molar-refractivity contribution in [1.29, 1.82) is 0 Å². The van der Waals surface area contributed by atoms with Crippen LogP contribution in [0.15, 0.2) is 44.2 Å². The largest absolute Gasteiger partial charge is 0.467 e. The fourth-order valence-corrected chi connectivity index (χ4v) is 3.11. The summed E-state index contributed by atoms with van der Waals surface area (Å²) in [6.07, 6.45) is 3.52. The van der Waals surface area contributed by atoms with Crippen molar-refractivity contribution in [2.24, 2.45) is 0 Å². The molecule has 3 aromatic heterocycles. The first-order valence-corrected chi connectivity index (χ1v) is 7.44. The maximum Gasteiger partial charge on any atom is 0.272 e. The topological polar surface area (TPSA) is 48.0 Å². The van der Waals surface area contributed by atoms with E-state index < -0.39 is 0 Å². The van der Waals surface area contributed by atoms with Crippen LogP contribution in [0.3, 0.4) is 0 Å². The van der Waals surface area contributed by atoms with E-state index in [2.05, 4.69) is 4.98 Å². The minimum absolute atomic E-state index is 0.00394. The van der Waals surface area contributed by atoms with Crippen molar-refractivity contribution in [2.45, 2.75) is 11.7 Å². The minimum atomic E-state index is -0.00394. The van der Waals surface area contributed by atoms with Crippen molar-refractivity contribution in [3.05, 3.63) is 46.0 Å². The Hall–Kier alpha value is -1.53. The Labute approximate surface area is 111 Å². The molecule has 0 radical (unpaired) electrons. The second-order valence-electron chi connectivity index (χ2n) is 3.70. The zero-order valence-electron chi connectivity index (χ0n) is 9.62. The molecule has 0 fully saturated rings. The summed E-state index contributed by atoms with van der Waals surface area (Å²) in [5.41, 5.74) is 0.765. The van der Waals surface area contributed by atoms with Crippen LogP contribution in [0.25, 0.3) is 10.2 Å². The van der Waals surface area contributed by atoms with Crippen molar-refractivity contribution < 1.29 is 4.42 Å². The van der Waals surface area contributed by atoms with Crippen LogP contribution in [0.2, 0.25) is 0 Å². The number of thiophene rings is 1. The SMILES string of the molecule is CSc1nc2ccsc2c(=O)n1Cc1ccco1. The van der Waals surface area contributed by atoms with Crippen LogP contribution in [-0.2, 0) is 6.54 Å². The van der Waals surface area contributed by atoms with Gasteiger partial charge in [-0.15, -0.1) is 11.3 Å². The highest BCUT2D eigenvalue weighted by Gasteiger charge is 2.12. The van der Waals surface area contributed by atoms with Crippen LogP contribution in [0.1, 0.15) is 5.76 Å². The third kappa shape index (κ3) is 1.87. The van der Waals surface area contributed by atoms with E-state index in [1.54, 1.807) is 10.8 Å². The lowest BCUT2D eigenvalue weighted by molar-refractivity contribution is 0.477. The van der Waals surface area contributed by atoms with Gasteiger partial charge < -0.3 is 4.42 Å². The summed E-state index contributed by atoms with van der Waals surface area (Å²) >= 11 is 2.89. The van der Waals surface area contributed by atoms with Gasteiger partial charge in [0.2, 0.25) is 0 Å². The molecule has 0 aliphatic rings. The molecule has 0 unspecified atom stereocenters. The van der Waals surface area contributed by atoms with Crippen molar-refractivity contribution in [1.82, 2.24) is 9.55 Å². The third-order valence-electron chi connectivity index (χ3n) is 2.61. The third-order valence-corrected chi connectivity index (χ3v) is 4.18. The first-order chi connectivity index (χ1) is 8.79. The van der Waals surface area contributed by atoms with Crippen LogP contribution < -0.4 is 5.56 Å². The predicted octanol–water partition coefficient (Wildman–Crippen LogP) is 2.82. The summed E-state index contributed by atoms with van der Waals surface area (Å²) in [6.45, 7) is 0.419. The van der Waals surface area contributed by atoms with Gasteiger partial charge in [0.05, 0.1) is 18.3 Å². The summed E-state index contributed by atoms with van der Waals surface area (Å²) in [4.78, 5) is 16.9. The van der Waals surface area contributed by atoms with Crippen molar-refractivity contribution in [3.8, 4) is 0 Å². The van der Waals surface area contributed by atoms with E-state index in [1.165, 1.54) is 23.1 Å². The van der Waals surface area contributed by atoms with Gasteiger partial charge in [0.15, 0.2) is 5.16 Å². The molecule has 3 aromatic rings. The maximum absolute atomic E-state index is 12.4. The minimum Gasteiger partial charge on any atom is -0.467 e. The molecule has 0 spiro atoms. The Balaban J connectivity index is 2.19. The van der Waals surface area contributed by atoms with Crippen LogP contribution in [-0.4, -0.2) is 15.8 Å². The fourth-order valence-electron chi connectivity index (χ4n) is 1.78. The normalized spacial score (nSPS) is 11.2. The molecule has 0 aromatic carbocycles. The summed E-state index contributed by atoms with van der Waals surface area (Å²) in [5.74, 6) is 0.755. The first-order valence-electron chi connectivity index (χ1n) is 5.34. The Morgan fingerprint density at radius 3 is 3.11 bits per heavy atom. The van der Waals surface area contributed by atoms with E-state index in [1.807, 2.05) is 29.8 Å². The van der Waals surface area contributed by atoms with Crippen molar-refractivity contribution in [2.75, 3.05) is 6.26 Å². The van der Waals surface area contributed by atoms with Gasteiger partial charge in [0.1, 0.15) is 10.5 Å². The maximum atomic E-state index is 12.4. The number of rotatable bonds is 3. The van der Waals surface area contributed by atoms with Gasteiger partial charge in [-0.25, -0.2) is 4.98 Å². The van der Waals surface area contributed by atoms with E-state index in [4.69, 9.17) is 4.42 Å². The van der Waals surface area contributed by atoms with E-state index in [-0.39, 0.29) is 5.56 Å². The zero-order valence-corrected chi connectivity index (χ0v) is 11.3. The number of hydrogen-bond donors (Lipinski definition) is 0. The van der Waals surface area contributed by atoms with Gasteiger partial charge in [-0.2, -0.15) is 0 Å². The van der Waals surface area contributed by atoms with Gasteiger partial charge >= 0.3 is 0 Å². The highest BCUT2D eigenvalue weighted by molar-refractivity contribution is 7.98. The highest BCUT2D eigenvalue weighted by Crippen LogP contribution is 2.20. The Morgan fingerprint density at radius 1 is 1.50 bits per heavy atom. The number of hydrogen-bond acceptors (Lipinski definition) is 5. The van der Waals surface area contributed by atoms with E-state index in [0.717, 1.165) is 11.3 Å². The Bertz CT molecular complexity index is 728. The lowest BCUT2D eigenvalue weighted by Crippen LogP contribution is -2.22. The summed E-state index contributed by atoms with van der Waals surface area (Å²) < 4.78 is 7.64. The second kappa shape index (κ2) is 4.62. The summed E-state index contributed by atoms with van der Waals surface area (Å²) in [6, 6.07) is 5.55. The van der Waals surface area contributed by atoms with Gasteiger partial charge in [-0.3, -0.25) is 9.36 Å². The van der Waals surface area contributed by atoms with Crippen LogP contribution in [0.4, 0.5) is 0 Å². The molecule has 3 rings (SSSR count). The number of aromatic nitrogens is 2. The molecule has 0 atom stereocenters. The number of fused-ring (bicyclic) bond motifs is 1. The van der Waals surface area contributed by atoms with Crippen LogP contribution in [0.5, 0.6) is 0 Å². The molecule has 3 heterocycles. The zero-order chi connectivity index (χ0) is 12.5. The molecule has 0 saturated heterocycles. The lowest BCUT2D eigenvalue weighted by Gasteiger charge is -2.08. The quantitative estimate of drug-likeness (QED) is 0.546. The highest BCUT2D eigenvalue weighted by atomic mass is 32.2. The molecule has 92 valence electrons. The molecular formula is C12H10N2O2S2. The second-order valence-corrected chi connectivity index (χ2v) is 5.39. The molecule has 0 aliphatic carbocycles. The molecule has 6 heteroatoms. The van der Waals surface area contributed by atoms with Gasteiger partial charge in [-0.1, -0.05) is 11.8 Å². The average molecular weight is 278 g/mol. The Kier molecular flexibility index (Phi) is 2.97. The fraction of sp³-hybridized carbons (Fsp3) is 0.167. The lowest BCUT2D eigenvalue weighted by atomic mass is 10.4. The number of nitrogens with zero attached hydrogens (tertiary/aromatic N) is 2. The molecule has 0 N–H and O–H groups in total. The van der Waals surface area contributed by atoms with E-state index in [0.29, 0.717) is 16.4 Å². The van der Waals surface area contributed by atoms with Gasteiger partial charge in [0, 0.05) is 0 Å². The molecule has 4 nitrogen and oxygen atoms in total. The smallest absolute Gasteiger partial charge is 0.272 e. The standard InChI is InChI=1S/C12H10N2O2S2/c1-17-12-13-9-4-6-18-10(9)11(15)14(12)7-8-3-2-5-16-8/h2-6H,7H2,1H3.